The number of amides is 1. The van der Waals surface area contributed by atoms with E-state index in [1.807, 2.05) is 6.92 Å². The summed E-state index contributed by atoms with van der Waals surface area (Å²) in [4.78, 5) is 13.3. The van der Waals surface area contributed by atoms with Crippen molar-refractivity contribution in [3.05, 3.63) is 0 Å². The Hall–Kier alpha value is -0.780. The lowest BCUT2D eigenvalue weighted by Gasteiger charge is -2.35. The molecule has 0 N–H and O–H groups in total. The zero-order chi connectivity index (χ0) is 12.9. The Kier molecular flexibility index (Phi) is 5.24. The van der Waals surface area contributed by atoms with Gasteiger partial charge in [0, 0.05) is 12.6 Å². The van der Waals surface area contributed by atoms with Crippen molar-refractivity contribution in [2.75, 3.05) is 19.8 Å². The van der Waals surface area contributed by atoms with Gasteiger partial charge in [0.1, 0.15) is 13.2 Å². The fraction of sp³-hybridized carbons (Fsp3) is 0.909. The lowest BCUT2D eigenvalue weighted by Crippen LogP contribution is -2.45. The van der Waals surface area contributed by atoms with E-state index in [9.17, 15) is 18.0 Å². The monoisotopic (exact) mass is 253 g/mol. The molecule has 100 valence electrons. The molecule has 1 heterocycles. The Morgan fingerprint density at radius 2 is 2.12 bits per heavy atom. The first-order valence-electron chi connectivity index (χ1n) is 5.88. The summed E-state index contributed by atoms with van der Waals surface area (Å²) in [5.74, 6) is -0.333. The van der Waals surface area contributed by atoms with Crippen molar-refractivity contribution < 1.29 is 22.7 Å². The number of nitrogens with zero attached hydrogens (tertiary/aromatic N) is 1. The third-order valence-electron chi connectivity index (χ3n) is 2.91. The number of alkyl halides is 3. The van der Waals surface area contributed by atoms with Gasteiger partial charge in [0.2, 0.25) is 5.91 Å². The minimum atomic E-state index is -4.37. The van der Waals surface area contributed by atoms with Crippen molar-refractivity contribution in [1.29, 1.82) is 0 Å². The van der Waals surface area contributed by atoms with Gasteiger partial charge >= 0.3 is 6.18 Å². The lowest BCUT2D eigenvalue weighted by molar-refractivity contribution is -0.178. The second-order valence-corrected chi connectivity index (χ2v) is 4.25. The van der Waals surface area contributed by atoms with Crippen molar-refractivity contribution in [2.45, 2.75) is 44.8 Å². The molecule has 0 spiro atoms. The fourth-order valence-corrected chi connectivity index (χ4v) is 2.09. The summed E-state index contributed by atoms with van der Waals surface area (Å²) in [5.41, 5.74) is 0. The van der Waals surface area contributed by atoms with Gasteiger partial charge in [0.25, 0.3) is 0 Å². The molecule has 0 aliphatic carbocycles. The van der Waals surface area contributed by atoms with Crippen LogP contribution < -0.4 is 0 Å². The van der Waals surface area contributed by atoms with Gasteiger partial charge in [-0.2, -0.15) is 13.2 Å². The van der Waals surface area contributed by atoms with Crippen LogP contribution >= 0.6 is 0 Å². The first-order chi connectivity index (χ1) is 7.94. The molecule has 0 aromatic rings. The molecule has 1 saturated heterocycles. The van der Waals surface area contributed by atoms with Crippen molar-refractivity contribution in [3.63, 3.8) is 0 Å². The Morgan fingerprint density at radius 1 is 1.41 bits per heavy atom. The molecule has 1 unspecified atom stereocenters. The van der Waals surface area contributed by atoms with E-state index < -0.39 is 19.4 Å². The van der Waals surface area contributed by atoms with E-state index in [-0.39, 0.29) is 11.9 Å². The second-order valence-electron chi connectivity index (χ2n) is 4.25. The Bertz CT molecular complexity index is 256. The van der Waals surface area contributed by atoms with Crippen LogP contribution in [0.25, 0.3) is 0 Å². The van der Waals surface area contributed by atoms with Crippen molar-refractivity contribution in [3.8, 4) is 0 Å². The fourth-order valence-electron chi connectivity index (χ4n) is 2.09. The Morgan fingerprint density at radius 3 is 2.71 bits per heavy atom. The Labute approximate surface area is 98.9 Å². The summed E-state index contributed by atoms with van der Waals surface area (Å²) in [5, 5.41) is 0. The van der Waals surface area contributed by atoms with E-state index in [0.29, 0.717) is 6.54 Å². The second kappa shape index (κ2) is 6.23. The van der Waals surface area contributed by atoms with Crippen LogP contribution in [0.1, 0.15) is 32.6 Å². The van der Waals surface area contributed by atoms with Crippen LogP contribution in [-0.4, -0.2) is 42.8 Å². The van der Waals surface area contributed by atoms with Gasteiger partial charge in [0.15, 0.2) is 0 Å². The van der Waals surface area contributed by atoms with Gasteiger partial charge in [-0.3, -0.25) is 4.79 Å². The minimum Gasteiger partial charge on any atom is -0.362 e. The maximum Gasteiger partial charge on any atom is 0.411 e. The van der Waals surface area contributed by atoms with Gasteiger partial charge < -0.3 is 9.64 Å². The van der Waals surface area contributed by atoms with Crippen LogP contribution in [0.5, 0.6) is 0 Å². The number of halogens is 3. The molecule has 0 radical (unpaired) electrons. The van der Waals surface area contributed by atoms with Gasteiger partial charge in [-0.15, -0.1) is 0 Å². The summed E-state index contributed by atoms with van der Waals surface area (Å²) >= 11 is 0. The molecule has 0 saturated carbocycles. The molecule has 1 rings (SSSR count). The maximum atomic E-state index is 11.8. The highest BCUT2D eigenvalue weighted by molar-refractivity contribution is 5.77. The molecule has 3 nitrogen and oxygen atoms in total. The van der Waals surface area contributed by atoms with Crippen molar-refractivity contribution >= 4 is 5.91 Å². The minimum absolute atomic E-state index is 0.158. The smallest absolute Gasteiger partial charge is 0.362 e. The number of piperidine rings is 1. The van der Waals surface area contributed by atoms with E-state index in [2.05, 4.69) is 4.74 Å². The molecule has 1 aliphatic heterocycles. The van der Waals surface area contributed by atoms with Crippen LogP contribution in [-0.2, 0) is 9.53 Å². The number of ether oxygens (including phenoxy) is 1. The summed E-state index contributed by atoms with van der Waals surface area (Å²) in [6.07, 6.45) is -0.605. The van der Waals surface area contributed by atoms with Crippen LogP contribution in [0.15, 0.2) is 0 Å². The molecule has 0 aromatic heterocycles. The SMILES string of the molecule is CCC1CCCCN1C(=O)COCC(F)(F)F. The van der Waals surface area contributed by atoms with Gasteiger partial charge in [-0.1, -0.05) is 6.92 Å². The lowest BCUT2D eigenvalue weighted by atomic mass is 10.00. The number of carbonyl (C=O) groups excluding carboxylic acids is 1. The zero-order valence-electron chi connectivity index (χ0n) is 9.92. The Balaban J connectivity index is 2.35. The molecular weight excluding hydrogens is 235 g/mol. The molecule has 1 fully saturated rings. The van der Waals surface area contributed by atoms with Crippen LogP contribution in [0.2, 0.25) is 0 Å². The van der Waals surface area contributed by atoms with E-state index in [1.165, 1.54) is 0 Å². The molecule has 1 atom stereocenters. The standard InChI is InChI=1S/C11H18F3NO2/c1-2-9-5-3-4-6-15(9)10(16)7-17-8-11(12,13)14/h9H,2-8H2,1H3. The predicted molar refractivity (Wildman–Crippen MR) is 56.5 cm³/mol. The van der Waals surface area contributed by atoms with Gasteiger partial charge in [-0.05, 0) is 25.7 Å². The van der Waals surface area contributed by atoms with Crippen molar-refractivity contribution in [2.24, 2.45) is 0 Å². The summed E-state index contributed by atoms with van der Waals surface area (Å²) in [7, 11) is 0. The number of carbonyl (C=O) groups is 1. The van der Waals surface area contributed by atoms with Crippen LogP contribution in [0.3, 0.4) is 0 Å². The van der Waals surface area contributed by atoms with Crippen LogP contribution in [0.4, 0.5) is 13.2 Å². The summed E-state index contributed by atoms with van der Waals surface area (Å²) in [6, 6.07) is 0.158. The number of rotatable bonds is 4. The number of hydrogen-bond acceptors (Lipinski definition) is 2. The van der Waals surface area contributed by atoms with Crippen LogP contribution in [0, 0.1) is 0 Å². The quantitative estimate of drug-likeness (QED) is 0.769. The third kappa shape index (κ3) is 4.93. The summed E-state index contributed by atoms with van der Waals surface area (Å²) in [6.45, 7) is 0.777. The average Bonchev–Trinajstić information content (AvgIpc) is 2.27. The van der Waals surface area contributed by atoms with E-state index in [0.717, 1.165) is 25.7 Å². The summed E-state index contributed by atoms with van der Waals surface area (Å²) < 4.78 is 39.9. The predicted octanol–water partition coefficient (Wildman–Crippen LogP) is 2.36. The topological polar surface area (TPSA) is 29.5 Å². The highest BCUT2D eigenvalue weighted by Gasteiger charge is 2.29. The maximum absolute atomic E-state index is 11.8. The highest BCUT2D eigenvalue weighted by atomic mass is 19.4. The third-order valence-corrected chi connectivity index (χ3v) is 2.91. The van der Waals surface area contributed by atoms with E-state index >= 15 is 0 Å². The van der Waals surface area contributed by atoms with Gasteiger partial charge in [0.05, 0.1) is 0 Å². The molecule has 6 heteroatoms. The average molecular weight is 253 g/mol. The molecule has 0 bridgehead atoms. The first-order valence-corrected chi connectivity index (χ1v) is 5.88. The number of hydrogen-bond donors (Lipinski definition) is 0. The molecular formula is C11H18F3NO2. The molecule has 1 amide bonds. The normalized spacial score (nSPS) is 21.6. The van der Waals surface area contributed by atoms with Crippen molar-refractivity contribution in [1.82, 2.24) is 4.90 Å². The largest absolute Gasteiger partial charge is 0.411 e. The first kappa shape index (κ1) is 14.3. The molecule has 17 heavy (non-hydrogen) atoms. The van der Waals surface area contributed by atoms with E-state index in [1.54, 1.807) is 4.90 Å². The van der Waals surface area contributed by atoms with Gasteiger partial charge in [-0.25, -0.2) is 0 Å². The highest BCUT2D eigenvalue weighted by Crippen LogP contribution is 2.20. The molecule has 1 aliphatic rings. The molecule has 0 aromatic carbocycles. The number of likely N-dealkylation sites (tertiary alicyclic amines) is 1. The zero-order valence-corrected chi connectivity index (χ0v) is 9.92. The van der Waals surface area contributed by atoms with E-state index in [4.69, 9.17) is 0 Å².